The molecule has 0 N–H and O–H groups in total. The van der Waals surface area contributed by atoms with Gasteiger partial charge in [0.15, 0.2) is 5.69 Å². The van der Waals surface area contributed by atoms with Crippen molar-refractivity contribution in [1.82, 2.24) is 0 Å². The Morgan fingerprint density at radius 3 is 2.69 bits per heavy atom. The normalized spacial score (nSPS) is 9.88. The van der Waals surface area contributed by atoms with Crippen LogP contribution in [0.5, 0.6) is 0 Å². The maximum Gasteiger partial charge on any atom is 0.405 e. The van der Waals surface area contributed by atoms with Gasteiger partial charge in [-0.15, -0.1) is 0 Å². The van der Waals surface area contributed by atoms with Gasteiger partial charge in [0, 0.05) is 6.92 Å². The zero-order valence-electron chi connectivity index (χ0n) is 8.80. The summed E-state index contributed by atoms with van der Waals surface area (Å²) in [5.41, 5.74) is -0.626. The van der Waals surface area contributed by atoms with E-state index in [-0.39, 0.29) is 23.7 Å². The molecule has 7 nitrogen and oxygen atoms in total. The van der Waals surface area contributed by atoms with Crippen LogP contribution in [0.15, 0.2) is 12.1 Å². The van der Waals surface area contributed by atoms with Crippen molar-refractivity contribution in [2.75, 3.05) is 6.61 Å². The molecule has 0 radical (unpaired) electrons. The summed E-state index contributed by atoms with van der Waals surface area (Å²) in [5.74, 6) is -0.871. The lowest BCUT2D eigenvalue weighted by Gasteiger charge is -2.05. The Labute approximate surface area is 91.0 Å². The van der Waals surface area contributed by atoms with Crippen molar-refractivity contribution in [2.45, 2.75) is 13.8 Å². The van der Waals surface area contributed by atoms with Crippen molar-refractivity contribution < 1.29 is 19.2 Å². The smallest absolute Gasteiger partial charge is 0.405 e. The summed E-state index contributed by atoms with van der Waals surface area (Å²) < 4.78 is 4.93. The molecule has 86 valence electrons. The van der Waals surface area contributed by atoms with Gasteiger partial charge in [0.2, 0.25) is 0 Å². The minimum absolute atomic E-state index is 0.0669. The van der Waals surface area contributed by atoms with E-state index >= 15 is 0 Å². The molecule has 1 rings (SSSR count). The number of ether oxygens (including phenoxy) is 1. The van der Waals surface area contributed by atoms with Gasteiger partial charge < -0.3 is 9.94 Å². The number of hydrogen-bond acceptors (Lipinski definition) is 5. The number of aryl methyl sites for hydroxylation is 1. The van der Waals surface area contributed by atoms with Crippen LogP contribution < -0.4 is 4.73 Å². The van der Waals surface area contributed by atoms with E-state index in [1.807, 2.05) is 0 Å². The Bertz CT molecular complexity index is 444. The standard InChI is InChI=1S/C9H10N2O5/c1-3-16-9(12)8-5-7(11(14)15)4-6(2)10(8)13/h4-5H,3H2,1-2H3. The highest BCUT2D eigenvalue weighted by atomic mass is 16.6. The summed E-state index contributed by atoms with van der Waals surface area (Å²) in [5, 5.41) is 22.0. The highest BCUT2D eigenvalue weighted by molar-refractivity contribution is 5.86. The molecule has 0 bridgehead atoms. The minimum Gasteiger partial charge on any atom is -0.618 e. The Balaban J connectivity index is 3.26. The fraction of sp³-hybridized carbons (Fsp3) is 0.333. The van der Waals surface area contributed by atoms with Crippen molar-refractivity contribution in [3.05, 3.63) is 38.8 Å². The van der Waals surface area contributed by atoms with Gasteiger partial charge in [-0.1, -0.05) is 0 Å². The summed E-state index contributed by atoms with van der Waals surface area (Å²) in [6, 6.07) is 1.99. The van der Waals surface area contributed by atoms with Crippen LogP contribution >= 0.6 is 0 Å². The van der Waals surface area contributed by atoms with E-state index < -0.39 is 10.9 Å². The highest BCUT2D eigenvalue weighted by Crippen LogP contribution is 2.13. The molecular formula is C9H10N2O5. The van der Waals surface area contributed by atoms with Gasteiger partial charge in [-0.05, 0) is 6.92 Å². The third-order valence-corrected chi connectivity index (χ3v) is 1.88. The molecule has 0 aliphatic rings. The van der Waals surface area contributed by atoms with Gasteiger partial charge in [0.1, 0.15) is 0 Å². The maximum atomic E-state index is 11.5. The number of pyridine rings is 1. The topological polar surface area (TPSA) is 96.4 Å². The Morgan fingerprint density at radius 1 is 1.56 bits per heavy atom. The summed E-state index contributed by atoms with van der Waals surface area (Å²) in [6.07, 6.45) is 0. The number of aromatic nitrogens is 1. The lowest BCUT2D eigenvalue weighted by molar-refractivity contribution is -0.616. The van der Waals surface area contributed by atoms with E-state index in [4.69, 9.17) is 0 Å². The molecule has 16 heavy (non-hydrogen) atoms. The van der Waals surface area contributed by atoms with Gasteiger partial charge in [-0.3, -0.25) is 10.1 Å². The third-order valence-electron chi connectivity index (χ3n) is 1.88. The van der Waals surface area contributed by atoms with E-state index in [2.05, 4.69) is 4.74 Å². The van der Waals surface area contributed by atoms with Crippen molar-refractivity contribution in [2.24, 2.45) is 0 Å². The molecule has 0 unspecified atom stereocenters. The monoisotopic (exact) mass is 226 g/mol. The first-order valence-corrected chi connectivity index (χ1v) is 4.53. The van der Waals surface area contributed by atoms with Crippen molar-refractivity contribution >= 4 is 11.7 Å². The number of nitrogens with zero attached hydrogens (tertiary/aromatic N) is 2. The SMILES string of the molecule is CCOC(=O)c1cc([N+](=O)[O-])cc(C)[n+]1[O-]. The molecule has 0 aliphatic carbocycles. The lowest BCUT2D eigenvalue weighted by Crippen LogP contribution is -2.38. The quantitative estimate of drug-likeness (QED) is 0.248. The van der Waals surface area contributed by atoms with Crippen LogP contribution in [-0.2, 0) is 4.74 Å². The molecule has 1 aromatic heterocycles. The first-order valence-electron chi connectivity index (χ1n) is 4.53. The Kier molecular flexibility index (Phi) is 3.39. The second kappa shape index (κ2) is 4.56. The van der Waals surface area contributed by atoms with E-state index in [0.717, 1.165) is 12.1 Å². The molecule has 0 saturated heterocycles. The summed E-state index contributed by atoms with van der Waals surface area (Å²) in [6.45, 7) is 3.06. The predicted octanol–water partition coefficient (Wildman–Crippen LogP) is 0.713. The average molecular weight is 226 g/mol. The predicted molar refractivity (Wildman–Crippen MR) is 52.7 cm³/mol. The molecule has 0 aliphatic heterocycles. The largest absolute Gasteiger partial charge is 0.618 e. The van der Waals surface area contributed by atoms with Crippen LogP contribution in [0.1, 0.15) is 23.1 Å². The molecule has 0 saturated carbocycles. The van der Waals surface area contributed by atoms with Gasteiger partial charge in [0.05, 0.1) is 23.7 Å². The minimum atomic E-state index is -0.871. The second-order valence-electron chi connectivity index (χ2n) is 3.01. The Morgan fingerprint density at radius 2 is 2.19 bits per heavy atom. The van der Waals surface area contributed by atoms with Crippen molar-refractivity contribution in [1.29, 1.82) is 0 Å². The lowest BCUT2D eigenvalue weighted by atomic mass is 10.2. The van der Waals surface area contributed by atoms with Gasteiger partial charge in [-0.2, -0.15) is 4.73 Å². The number of esters is 1. The number of carbonyl (C=O) groups is 1. The fourth-order valence-corrected chi connectivity index (χ4v) is 1.16. The average Bonchev–Trinajstić information content (AvgIpc) is 2.21. The second-order valence-corrected chi connectivity index (χ2v) is 3.01. The molecule has 7 heteroatoms. The van der Waals surface area contributed by atoms with E-state index in [0.29, 0.717) is 4.73 Å². The van der Waals surface area contributed by atoms with Gasteiger partial charge in [-0.25, -0.2) is 4.79 Å². The summed E-state index contributed by atoms with van der Waals surface area (Å²) in [4.78, 5) is 21.2. The van der Waals surface area contributed by atoms with Gasteiger partial charge in [0.25, 0.3) is 5.69 Å². The highest BCUT2D eigenvalue weighted by Gasteiger charge is 2.24. The fourth-order valence-electron chi connectivity index (χ4n) is 1.16. The molecule has 1 heterocycles. The van der Waals surface area contributed by atoms with Crippen LogP contribution in [0, 0.1) is 22.2 Å². The molecule has 0 spiro atoms. The van der Waals surface area contributed by atoms with Crippen LogP contribution in [0.4, 0.5) is 5.69 Å². The van der Waals surface area contributed by atoms with Crippen molar-refractivity contribution in [3.8, 4) is 0 Å². The van der Waals surface area contributed by atoms with Crippen LogP contribution in [-0.4, -0.2) is 17.5 Å². The molecule has 0 atom stereocenters. The molecule has 0 aromatic carbocycles. The van der Waals surface area contributed by atoms with Crippen LogP contribution in [0.2, 0.25) is 0 Å². The van der Waals surface area contributed by atoms with E-state index in [1.165, 1.54) is 6.92 Å². The third kappa shape index (κ3) is 2.25. The number of carbonyl (C=O) groups excluding carboxylic acids is 1. The molecule has 0 amide bonds. The first kappa shape index (κ1) is 11.9. The van der Waals surface area contributed by atoms with Crippen LogP contribution in [0.25, 0.3) is 0 Å². The molecule has 1 aromatic rings. The number of hydrogen-bond donors (Lipinski definition) is 0. The number of rotatable bonds is 3. The maximum absolute atomic E-state index is 11.5. The zero-order chi connectivity index (χ0) is 12.3. The van der Waals surface area contributed by atoms with E-state index in [9.17, 15) is 20.1 Å². The summed E-state index contributed by atoms with van der Waals surface area (Å²) in [7, 11) is 0. The van der Waals surface area contributed by atoms with Gasteiger partial charge >= 0.3 is 11.7 Å². The first-order chi connectivity index (χ1) is 7.47. The molecule has 0 fully saturated rings. The Hall–Kier alpha value is -2.18. The van der Waals surface area contributed by atoms with E-state index in [1.54, 1.807) is 6.92 Å². The zero-order valence-corrected chi connectivity index (χ0v) is 8.80. The van der Waals surface area contributed by atoms with Crippen LogP contribution in [0.3, 0.4) is 0 Å². The van der Waals surface area contributed by atoms with Crippen molar-refractivity contribution in [3.63, 3.8) is 0 Å². The number of nitro groups is 1. The summed E-state index contributed by atoms with van der Waals surface area (Å²) >= 11 is 0. The molecular weight excluding hydrogens is 216 g/mol.